The van der Waals surface area contributed by atoms with Gasteiger partial charge in [-0.25, -0.2) is 8.42 Å². The lowest BCUT2D eigenvalue weighted by Gasteiger charge is -2.11. The highest BCUT2D eigenvalue weighted by atomic mass is 35.5. The van der Waals surface area contributed by atoms with Crippen molar-refractivity contribution in [2.75, 3.05) is 15.4 Å². The maximum atomic E-state index is 13.0. The number of sulfonamides is 1. The molecule has 5 rings (SSSR count). The summed E-state index contributed by atoms with van der Waals surface area (Å²) in [4.78, 5) is 32.2. The zero-order valence-corrected chi connectivity index (χ0v) is 23.8. The summed E-state index contributed by atoms with van der Waals surface area (Å²) in [6, 6.07) is 19.1. The second kappa shape index (κ2) is 11.8. The Morgan fingerprint density at radius 1 is 0.929 bits per heavy atom. The summed E-state index contributed by atoms with van der Waals surface area (Å²) < 4.78 is 34.1. The molecule has 0 fully saturated rings. The van der Waals surface area contributed by atoms with Crippen molar-refractivity contribution in [3.05, 3.63) is 101 Å². The zero-order valence-electron chi connectivity index (χ0n) is 22.3. The number of rotatable bonds is 8. The first-order valence-corrected chi connectivity index (χ1v) is 14.3. The Labute approximate surface area is 246 Å². The van der Waals surface area contributed by atoms with Gasteiger partial charge in [0, 0.05) is 47.5 Å². The summed E-state index contributed by atoms with van der Waals surface area (Å²) in [7, 11) is -3.93. The van der Waals surface area contributed by atoms with Crippen molar-refractivity contribution in [2.45, 2.75) is 18.7 Å². The lowest BCUT2D eigenvalue weighted by molar-refractivity contribution is -0.114. The number of amides is 2. The molecule has 0 aliphatic carbocycles. The van der Waals surface area contributed by atoms with Crippen LogP contribution in [0.2, 0.25) is 5.02 Å². The number of anilines is 3. The van der Waals surface area contributed by atoms with Gasteiger partial charge in [0.2, 0.25) is 11.7 Å². The van der Waals surface area contributed by atoms with Crippen molar-refractivity contribution >= 4 is 50.5 Å². The molecule has 5 aromatic rings. The van der Waals surface area contributed by atoms with Crippen LogP contribution < -0.4 is 15.4 Å². The summed E-state index contributed by atoms with van der Waals surface area (Å²) in [6.45, 7) is 3.08. The summed E-state index contributed by atoms with van der Waals surface area (Å²) >= 11 is 6.47. The van der Waals surface area contributed by atoms with E-state index in [0.717, 1.165) is 0 Å². The fourth-order valence-electron chi connectivity index (χ4n) is 3.99. The number of aromatic nitrogens is 3. The summed E-state index contributed by atoms with van der Waals surface area (Å²) in [5.74, 6) is -0.230. The molecule has 2 amide bonds. The van der Waals surface area contributed by atoms with Crippen LogP contribution >= 0.6 is 11.6 Å². The van der Waals surface area contributed by atoms with Crippen LogP contribution in [0.25, 0.3) is 22.8 Å². The first-order valence-electron chi connectivity index (χ1n) is 12.5. The highest BCUT2D eigenvalue weighted by molar-refractivity contribution is 7.92. The van der Waals surface area contributed by atoms with Crippen LogP contribution in [0.4, 0.5) is 17.1 Å². The molecular formula is C29H23ClN6O5S. The minimum absolute atomic E-state index is 0.0364. The standard InChI is InChI=1S/C29H23ClN6O5S/c1-17-13-23(9-11-26(17)32-18(2)37)42(39,40)36-22-7-3-5-19(14-22)29-34-27(35-41-29)24-10-8-21(15-25(24)30)33-28(38)20-6-4-12-31-16-20/h3-16,36H,1-2H3,(H,32,37)(H,33,38). The number of hydrogen-bond donors (Lipinski definition) is 3. The first kappa shape index (κ1) is 28.5. The van der Waals surface area contributed by atoms with Crippen molar-refractivity contribution in [1.29, 1.82) is 0 Å². The number of nitrogens with one attached hydrogen (secondary N) is 3. The van der Waals surface area contributed by atoms with Crippen molar-refractivity contribution in [3.8, 4) is 22.8 Å². The van der Waals surface area contributed by atoms with E-state index < -0.39 is 10.0 Å². The van der Waals surface area contributed by atoms with E-state index in [-0.39, 0.29) is 39.1 Å². The highest BCUT2D eigenvalue weighted by Gasteiger charge is 2.18. The van der Waals surface area contributed by atoms with Crippen molar-refractivity contribution < 1.29 is 22.5 Å². The lowest BCUT2D eigenvalue weighted by atomic mass is 10.1. The molecule has 0 aliphatic rings. The van der Waals surface area contributed by atoms with Gasteiger partial charge in [-0.3, -0.25) is 19.3 Å². The van der Waals surface area contributed by atoms with Gasteiger partial charge < -0.3 is 15.2 Å². The molecule has 0 aliphatic heterocycles. The van der Waals surface area contributed by atoms with Gasteiger partial charge in [0.1, 0.15) is 0 Å². The van der Waals surface area contributed by atoms with Crippen molar-refractivity contribution in [2.24, 2.45) is 0 Å². The highest BCUT2D eigenvalue weighted by Crippen LogP contribution is 2.31. The van der Waals surface area contributed by atoms with Crippen LogP contribution in [0.3, 0.4) is 0 Å². The largest absolute Gasteiger partial charge is 0.334 e. The van der Waals surface area contributed by atoms with Crippen LogP contribution in [-0.4, -0.2) is 35.4 Å². The second-order valence-corrected chi connectivity index (χ2v) is 11.2. The van der Waals surface area contributed by atoms with E-state index in [1.807, 2.05) is 0 Å². The summed E-state index contributed by atoms with van der Waals surface area (Å²) in [5, 5.41) is 9.72. The summed E-state index contributed by atoms with van der Waals surface area (Å²) in [6.07, 6.45) is 3.04. The van der Waals surface area contributed by atoms with Gasteiger partial charge in [-0.2, -0.15) is 4.98 Å². The van der Waals surface area contributed by atoms with Crippen LogP contribution in [0.1, 0.15) is 22.8 Å². The average Bonchev–Trinajstić information content (AvgIpc) is 3.44. The molecule has 0 saturated carbocycles. The number of benzene rings is 3. The predicted molar refractivity (Wildman–Crippen MR) is 159 cm³/mol. The normalized spacial score (nSPS) is 11.1. The molecule has 0 atom stereocenters. The fraction of sp³-hybridized carbons (Fsp3) is 0.0690. The molecule has 3 aromatic carbocycles. The Morgan fingerprint density at radius 3 is 2.48 bits per heavy atom. The molecule has 0 saturated heterocycles. The molecule has 42 heavy (non-hydrogen) atoms. The first-order chi connectivity index (χ1) is 20.1. The van der Waals surface area contributed by atoms with E-state index in [1.54, 1.807) is 67.7 Å². The van der Waals surface area contributed by atoms with Crippen molar-refractivity contribution in [3.63, 3.8) is 0 Å². The van der Waals surface area contributed by atoms with E-state index in [9.17, 15) is 18.0 Å². The fourth-order valence-corrected chi connectivity index (χ4v) is 5.39. The third-order valence-corrected chi connectivity index (χ3v) is 7.69. The molecule has 3 N–H and O–H groups in total. The molecule has 11 nitrogen and oxygen atoms in total. The molecule has 2 heterocycles. The van der Waals surface area contributed by atoms with Gasteiger partial charge in [-0.1, -0.05) is 22.8 Å². The molecule has 2 aromatic heterocycles. The van der Waals surface area contributed by atoms with E-state index >= 15 is 0 Å². The van der Waals surface area contributed by atoms with Crippen LogP contribution in [0.15, 0.2) is 94.6 Å². The minimum Gasteiger partial charge on any atom is -0.334 e. The summed E-state index contributed by atoms with van der Waals surface area (Å²) in [5.41, 5.74) is 3.23. The Balaban J connectivity index is 1.32. The van der Waals surface area contributed by atoms with Crippen LogP contribution in [0.5, 0.6) is 0 Å². The molecule has 13 heteroatoms. The molecule has 0 radical (unpaired) electrons. The maximum absolute atomic E-state index is 13.0. The average molecular weight is 603 g/mol. The maximum Gasteiger partial charge on any atom is 0.261 e. The van der Waals surface area contributed by atoms with Gasteiger partial charge in [-0.15, -0.1) is 0 Å². The Morgan fingerprint density at radius 2 is 1.76 bits per heavy atom. The Bertz CT molecular complexity index is 1910. The second-order valence-electron chi connectivity index (χ2n) is 9.16. The monoisotopic (exact) mass is 602 g/mol. The zero-order chi connectivity index (χ0) is 29.9. The minimum atomic E-state index is -3.93. The van der Waals surface area contributed by atoms with Crippen LogP contribution in [-0.2, 0) is 14.8 Å². The molecule has 0 unspecified atom stereocenters. The predicted octanol–water partition coefficient (Wildman–Crippen LogP) is 5.77. The van der Waals surface area contributed by atoms with Gasteiger partial charge >= 0.3 is 0 Å². The molecular weight excluding hydrogens is 580 g/mol. The topological polar surface area (TPSA) is 156 Å². The van der Waals surface area contributed by atoms with E-state index in [1.165, 1.54) is 31.3 Å². The number of nitrogens with zero attached hydrogens (tertiary/aromatic N) is 3. The van der Waals surface area contributed by atoms with Gasteiger partial charge in [0.05, 0.1) is 15.5 Å². The third-order valence-electron chi connectivity index (χ3n) is 6.00. The van der Waals surface area contributed by atoms with Gasteiger partial charge in [-0.05, 0) is 79.2 Å². The lowest BCUT2D eigenvalue weighted by Crippen LogP contribution is -2.14. The Kier molecular flexibility index (Phi) is 8.00. The quantitative estimate of drug-likeness (QED) is 0.202. The number of aryl methyl sites for hydroxylation is 1. The van der Waals surface area contributed by atoms with E-state index in [4.69, 9.17) is 16.1 Å². The number of carbonyl (C=O) groups excluding carboxylic acids is 2. The molecule has 0 bridgehead atoms. The van der Waals surface area contributed by atoms with Gasteiger partial charge in [0.15, 0.2) is 0 Å². The van der Waals surface area contributed by atoms with Crippen molar-refractivity contribution in [1.82, 2.24) is 15.1 Å². The number of pyridine rings is 1. The van der Waals surface area contributed by atoms with Gasteiger partial charge in [0.25, 0.3) is 21.8 Å². The SMILES string of the molecule is CC(=O)Nc1ccc(S(=O)(=O)Nc2cccc(-c3nc(-c4ccc(NC(=O)c5cccnc5)cc4Cl)no3)c2)cc1C. The third kappa shape index (κ3) is 6.45. The van der Waals surface area contributed by atoms with Crippen LogP contribution in [0, 0.1) is 6.92 Å². The van der Waals surface area contributed by atoms with E-state index in [0.29, 0.717) is 33.6 Å². The smallest absolute Gasteiger partial charge is 0.261 e. The van der Waals surface area contributed by atoms with E-state index in [2.05, 4.69) is 30.5 Å². The number of carbonyl (C=O) groups is 2. The molecule has 0 spiro atoms. The number of hydrogen-bond acceptors (Lipinski definition) is 8. The number of halogens is 1. The molecule has 212 valence electrons. The Hall–Kier alpha value is -5.07.